The van der Waals surface area contributed by atoms with Gasteiger partial charge in [0.2, 0.25) is 5.91 Å². The first-order chi connectivity index (χ1) is 17.6. The van der Waals surface area contributed by atoms with Gasteiger partial charge in [-0.05, 0) is 80.2 Å². The summed E-state index contributed by atoms with van der Waals surface area (Å²) in [5.41, 5.74) is -0.504. The van der Waals surface area contributed by atoms with E-state index in [0.717, 1.165) is 18.9 Å². The topological polar surface area (TPSA) is 56.2 Å². The van der Waals surface area contributed by atoms with Crippen LogP contribution in [0.4, 0.5) is 17.6 Å². The lowest BCUT2D eigenvalue weighted by atomic mass is 9.44. The van der Waals surface area contributed by atoms with Crippen LogP contribution in [0.25, 0.3) is 10.9 Å². The number of rotatable bonds is 6. The fourth-order valence-corrected chi connectivity index (χ4v) is 7.61. The Labute approximate surface area is 211 Å². The Morgan fingerprint density at radius 1 is 1.16 bits per heavy atom. The Morgan fingerprint density at radius 2 is 1.89 bits per heavy atom. The zero-order chi connectivity index (χ0) is 25.7. The Morgan fingerprint density at radius 3 is 2.57 bits per heavy atom. The summed E-state index contributed by atoms with van der Waals surface area (Å²) >= 11 is 0. The van der Waals surface area contributed by atoms with Gasteiger partial charge in [0.15, 0.2) is 0 Å². The third-order valence-electron chi connectivity index (χ3n) is 9.37. The fraction of sp³-hybridized carbons (Fsp3) is 0.500. The third kappa shape index (κ3) is 3.56. The number of hydrogen-bond acceptors (Lipinski definition) is 3. The number of nitrogens with one attached hydrogen (secondary N) is 1. The van der Waals surface area contributed by atoms with Crippen LogP contribution in [0.2, 0.25) is 0 Å². The predicted molar refractivity (Wildman–Crippen MR) is 127 cm³/mol. The molecule has 5 saturated carbocycles. The number of aromatic nitrogens is 2. The van der Waals surface area contributed by atoms with Gasteiger partial charge in [-0.25, -0.2) is 4.39 Å². The number of pyridine rings is 1. The maximum Gasteiger partial charge on any atom is 0.417 e. The lowest BCUT2D eigenvalue weighted by Crippen LogP contribution is -2.78. The quantitative estimate of drug-likeness (QED) is 0.432. The van der Waals surface area contributed by atoms with Crippen LogP contribution in [0.5, 0.6) is 5.75 Å². The molecule has 1 amide bonds. The van der Waals surface area contributed by atoms with Crippen molar-refractivity contribution in [3.05, 3.63) is 60.3 Å². The summed E-state index contributed by atoms with van der Waals surface area (Å²) in [6, 6.07) is 7.37. The molecule has 3 aromatic rings. The van der Waals surface area contributed by atoms with Gasteiger partial charge in [-0.15, -0.1) is 0 Å². The van der Waals surface area contributed by atoms with Crippen LogP contribution in [0.1, 0.15) is 44.6 Å². The number of carbonyl (C=O) groups is 1. The molecule has 0 aliphatic heterocycles. The van der Waals surface area contributed by atoms with Crippen molar-refractivity contribution in [2.45, 2.75) is 62.4 Å². The van der Waals surface area contributed by atoms with Gasteiger partial charge in [-0.3, -0.25) is 9.78 Å². The number of ether oxygens (including phenoxy) is 1. The number of carbonyl (C=O) groups excluding carboxylic acids is 1. The van der Waals surface area contributed by atoms with Crippen LogP contribution in [0.15, 0.2) is 48.9 Å². The summed E-state index contributed by atoms with van der Waals surface area (Å²) in [4.78, 5) is 17.4. The maximum atomic E-state index is 13.8. The van der Waals surface area contributed by atoms with Gasteiger partial charge >= 0.3 is 6.18 Å². The number of amides is 1. The van der Waals surface area contributed by atoms with Crippen molar-refractivity contribution in [3.63, 3.8) is 0 Å². The van der Waals surface area contributed by atoms with Crippen LogP contribution in [0.3, 0.4) is 0 Å². The minimum Gasteiger partial charge on any atom is -0.490 e. The van der Waals surface area contributed by atoms with Crippen LogP contribution in [-0.4, -0.2) is 27.1 Å². The molecule has 2 bridgehead atoms. The number of benzene rings is 1. The molecule has 5 fully saturated rings. The molecule has 37 heavy (non-hydrogen) atoms. The molecule has 3 unspecified atom stereocenters. The molecule has 5 aliphatic rings. The van der Waals surface area contributed by atoms with E-state index in [4.69, 9.17) is 4.74 Å². The van der Waals surface area contributed by atoms with E-state index in [0.29, 0.717) is 53.7 Å². The summed E-state index contributed by atoms with van der Waals surface area (Å²) in [7, 11) is 0. The number of halogens is 4. The molecule has 0 saturated heterocycles. The SMILES string of the molecule is CC(C(=O)NC12CC(n3ccc(C(F)(F)F)c3)(C1)C2)C1[C@H]2CC(Oc3ccnc4ccc(F)cc34)C[C@@H]12. The molecule has 1 N–H and O–H groups in total. The van der Waals surface area contributed by atoms with Crippen LogP contribution < -0.4 is 10.1 Å². The van der Waals surface area contributed by atoms with Crippen molar-refractivity contribution in [3.8, 4) is 5.75 Å². The van der Waals surface area contributed by atoms with E-state index in [1.54, 1.807) is 22.9 Å². The average Bonchev–Trinajstić information content (AvgIpc) is 3.15. The highest BCUT2D eigenvalue weighted by atomic mass is 19.4. The molecule has 2 aromatic heterocycles. The zero-order valence-electron chi connectivity index (χ0n) is 20.3. The zero-order valence-corrected chi connectivity index (χ0v) is 20.3. The van der Waals surface area contributed by atoms with Crippen LogP contribution >= 0.6 is 0 Å². The van der Waals surface area contributed by atoms with Crippen molar-refractivity contribution in [1.82, 2.24) is 14.9 Å². The van der Waals surface area contributed by atoms with Gasteiger partial charge in [0, 0.05) is 35.4 Å². The van der Waals surface area contributed by atoms with Crippen LogP contribution in [-0.2, 0) is 16.5 Å². The highest BCUT2D eigenvalue weighted by Crippen LogP contribution is 2.66. The molecular formula is C28H27F4N3O2. The highest BCUT2D eigenvalue weighted by molar-refractivity contribution is 5.84. The molecule has 9 heteroatoms. The largest absolute Gasteiger partial charge is 0.490 e. The number of nitrogens with zero attached hydrogens (tertiary/aromatic N) is 2. The van der Waals surface area contributed by atoms with Crippen LogP contribution in [0, 0.1) is 29.5 Å². The first-order valence-electron chi connectivity index (χ1n) is 12.8. The number of fused-ring (bicyclic) bond motifs is 2. The Kier molecular flexibility index (Phi) is 4.66. The first kappa shape index (κ1) is 23.0. The van der Waals surface area contributed by atoms with Crippen molar-refractivity contribution in [2.24, 2.45) is 23.7 Å². The monoisotopic (exact) mass is 513 g/mol. The van der Waals surface area contributed by atoms with Gasteiger partial charge in [0.05, 0.1) is 22.7 Å². The van der Waals surface area contributed by atoms with E-state index < -0.39 is 11.7 Å². The van der Waals surface area contributed by atoms with E-state index in [-0.39, 0.29) is 34.8 Å². The fourth-order valence-electron chi connectivity index (χ4n) is 7.61. The number of alkyl halides is 3. The molecule has 5 nitrogen and oxygen atoms in total. The second kappa shape index (κ2) is 7.48. The molecule has 194 valence electrons. The Bertz CT molecular complexity index is 1380. The lowest BCUT2D eigenvalue weighted by molar-refractivity contribution is -0.159. The molecule has 2 heterocycles. The minimum atomic E-state index is -4.34. The third-order valence-corrected chi connectivity index (χ3v) is 9.37. The van der Waals surface area contributed by atoms with Gasteiger partial charge in [0.1, 0.15) is 11.6 Å². The Hall–Kier alpha value is -3.10. The van der Waals surface area contributed by atoms with E-state index in [1.807, 2.05) is 6.92 Å². The van der Waals surface area contributed by atoms with Crippen molar-refractivity contribution in [1.29, 1.82) is 0 Å². The molecule has 5 aliphatic carbocycles. The molecule has 8 rings (SSSR count). The standard InChI is InChI=1S/C28H27F4N3O2/c1-15(25(36)34-26-12-27(13-26,14-26)35-7-5-16(11-35)28(30,31)32)24-19-9-18(10-20(19)24)37-23-4-6-33-22-3-2-17(29)8-21(22)23/h2-8,11,15,18-20,24H,9-10,12-14H2,1H3,(H,34,36)/t15?,18?,19-,20+,24?,26?,27?. The predicted octanol–water partition coefficient (Wildman–Crippen LogP) is 5.68. The normalized spacial score (nSPS) is 34.3. The van der Waals surface area contributed by atoms with Gasteiger partial charge in [-0.2, -0.15) is 13.2 Å². The van der Waals surface area contributed by atoms with Crippen molar-refractivity contribution >= 4 is 16.8 Å². The van der Waals surface area contributed by atoms with Gasteiger partial charge < -0.3 is 14.6 Å². The second-order valence-corrected chi connectivity index (χ2v) is 11.7. The summed E-state index contributed by atoms with van der Waals surface area (Å²) < 4.78 is 60.5. The second-order valence-electron chi connectivity index (χ2n) is 11.7. The summed E-state index contributed by atoms with van der Waals surface area (Å²) in [6.45, 7) is 1.98. The van der Waals surface area contributed by atoms with Crippen molar-refractivity contribution in [2.75, 3.05) is 0 Å². The van der Waals surface area contributed by atoms with Gasteiger partial charge in [0.25, 0.3) is 0 Å². The summed E-state index contributed by atoms with van der Waals surface area (Å²) in [6.07, 6.45) is 3.83. The van der Waals surface area contributed by atoms with E-state index in [1.165, 1.54) is 24.5 Å². The molecule has 1 aromatic carbocycles. The molecule has 0 radical (unpaired) electrons. The minimum absolute atomic E-state index is 0.0380. The van der Waals surface area contributed by atoms with Crippen molar-refractivity contribution < 1.29 is 27.1 Å². The smallest absolute Gasteiger partial charge is 0.417 e. The summed E-state index contributed by atoms with van der Waals surface area (Å²) in [5, 5.41) is 3.89. The maximum absolute atomic E-state index is 13.8. The molecular weight excluding hydrogens is 486 g/mol. The highest BCUT2D eigenvalue weighted by Gasteiger charge is 2.70. The van der Waals surface area contributed by atoms with Gasteiger partial charge in [-0.1, -0.05) is 6.92 Å². The van der Waals surface area contributed by atoms with E-state index in [9.17, 15) is 22.4 Å². The first-order valence-corrected chi connectivity index (χ1v) is 12.8. The molecule has 0 spiro atoms. The van der Waals surface area contributed by atoms with E-state index in [2.05, 4.69) is 10.3 Å². The summed E-state index contributed by atoms with van der Waals surface area (Å²) in [5.74, 6) is 1.46. The van der Waals surface area contributed by atoms with E-state index >= 15 is 0 Å². The number of hydrogen-bond donors (Lipinski definition) is 1. The molecule has 5 atom stereocenters. The Balaban J connectivity index is 0.927. The average molecular weight is 514 g/mol. The lowest BCUT2D eigenvalue weighted by Gasteiger charge is -2.71.